The predicted octanol–water partition coefficient (Wildman–Crippen LogP) is 4.41. The molecule has 1 aliphatic carbocycles. The highest BCUT2D eigenvalue weighted by Gasteiger charge is 2.24. The molecule has 0 atom stereocenters. The fraction of sp³-hybridized carbons (Fsp3) is 0.556. The van der Waals surface area contributed by atoms with Gasteiger partial charge >= 0.3 is 0 Å². The minimum Gasteiger partial charge on any atom is -0.340 e. The van der Waals surface area contributed by atoms with Gasteiger partial charge in [0.2, 0.25) is 5.91 Å². The van der Waals surface area contributed by atoms with Gasteiger partial charge < -0.3 is 4.90 Å². The van der Waals surface area contributed by atoms with E-state index in [9.17, 15) is 4.79 Å². The van der Waals surface area contributed by atoms with Gasteiger partial charge in [0, 0.05) is 19.0 Å². The van der Waals surface area contributed by atoms with E-state index >= 15 is 0 Å². The molecule has 4 heteroatoms. The predicted molar refractivity (Wildman–Crippen MR) is 92.2 cm³/mol. The average Bonchev–Trinajstić information content (AvgIpc) is 3.16. The first kappa shape index (κ1) is 15.5. The highest BCUT2D eigenvalue weighted by atomic mass is 32.1. The van der Waals surface area contributed by atoms with Crippen molar-refractivity contribution in [3.8, 4) is 0 Å². The second-order valence-corrected chi connectivity index (χ2v) is 7.16. The molecule has 0 unspecified atom stereocenters. The molecular weight excluding hydrogens is 292 g/mol. The molecule has 0 saturated heterocycles. The molecule has 1 heterocycles. The Morgan fingerprint density at radius 2 is 2.09 bits per heavy atom. The Morgan fingerprint density at radius 1 is 1.32 bits per heavy atom. The third kappa shape index (κ3) is 3.49. The minimum absolute atomic E-state index is 0.329. The maximum absolute atomic E-state index is 12.4. The molecule has 22 heavy (non-hydrogen) atoms. The summed E-state index contributed by atoms with van der Waals surface area (Å²) in [5.41, 5.74) is 1.08. The Balaban J connectivity index is 1.52. The lowest BCUT2D eigenvalue weighted by Crippen LogP contribution is -2.38. The zero-order valence-electron chi connectivity index (χ0n) is 13.3. The Labute approximate surface area is 136 Å². The Morgan fingerprint density at radius 3 is 2.82 bits per heavy atom. The number of hydrogen-bond donors (Lipinski definition) is 0. The van der Waals surface area contributed by atoms with Crippen molar-refractivity contribution in [3.05, 3.63) is 29.3 Å². The number of para-hydroxylation sites is 1. The molecule has 1 aliphatic rings. The van der Waals surface area contributed by atoms with Gasteiger partial charge in [0.1, 0.15) is 0 Å². The van der Waals surface area contributed by atoms with E-state index in [1.165, 1.54) is 30.4 Å². The number of carbonyl (C=O) groups excluding carboxylic acids is 1. The van der Waals surface area contributed by atoms with E-state index in [1.54, 1.807) is 11.3 Å². The van der Waals surface area contributed by atoms with Gasteiger partial charge in [-0.3, -0.25) is 4.79 Å². The normalized spacial score (nSPS) is 15.5. The number of hydrogen-bond acceptors (Lipinski definition) is 3. The summed E-state index contributed by atoms with van der Waals surface area (Å²) >= 11 is 1.75. The van der Waals surface area contributed by atoms with Gasteiger partial charge in [-0.1, -0.05) is 25.0 Å². The molecule has 118 valence electrons. The third-order valence-electron chi connectivity index (χ3n) is 4.55. The highest BCUT2D eigenvalue weighted by Crippen LogP contribution is 2.25. The number of aryl methyl sites for hydroxylation is 1. The standard InChI is InChI=1S/C18H24N2OS/c1-2-20(14-8-3-4-9-14)18(21)13-7-12-17-19-15-10-5-6-11-16(15)22-17/h5-6,10-11,14H,2-4,7-9,12-13H2,1H3. The first-order valence-electron chi connectivity index (χ1n) is 8.42. The molecule has 3 nitrogen and oxygen atoms in total. The van der Waals surface area contributed by atoms with Crippen LogP contribution in [0.25, 0.3) is 10.2 Å². The van der Waals surface area contributed by atoms with Gasteiger partial charge in [0.05, 0.1) is 15.2 Å². The summed E-state index contributed by atoms with van der Waals surface area (Å²) in [6.07, 6.45) is 7.41. The molecule has 0 bridgehead atoms. The fourth-order valence-electron chi connectivity index (χ4n) is 3.42. The topological polar surface area (TPSA) is 33.2 Å². The zero-order valence-corrected chi connectivity index (χ0v) is 14.1. The van der Waals surface area contributed by atoms with Crippen LogP contribution in [0.15, 0.2) is 24.3 Å². The lowest BCUT2D eigenvalue weighted by Gasteiger charge is -2.27. The summed E-state index contributed by atoms with van der Waals surface area (Å²) < 4.78 is 1.24. The number of fused-ring (bicyclic) bond motifs is 1. The molecule has 2 aromatic rings. The van der Waals surface area contributed by atoms with E-state index in [1.807, 2.05) is 6.07 Å². The highest BCUT2D eigenvalue weighted by molar-refractivity contribution is 7.18. The summed E-state index contributed by atoms with van der Waals surface area (Å²) in [6, 6.07) is 8.74. The number of amides is 1. The van der Waals surface area contributed by atoms with E-state index in [4.69, 9.17) is 0 Å². The van der Waals surface area contributed by atoms with Crippen molar-refractivity contribution < 1.29 is 4.79 Å². The molecule has 1 fully saturated rings. The maximum atomic E-state index is 12.4. The Bertz CT molecular complexity index is 598. The lowest BCUT2D eigenvalue weighted by atomic mass is 10.1. The average molecular weight is 316 g/mol. The largest absolute Gasteiger partial charge is 0.340 e. The van der Waals surface area contributed by atoms with Crippen LogP contribution in [0, 0.1) is 0 Å². The molecule has 1 aromatic carbocycles. The van der Waals surface area contributed by atoms with E-state index in [0.29, 0.717) is 18.4 Å². The monoisotopic (exact) mass is 316 g/mol. The summed E-state index contributed by atoms with van der Waals surface area (Å²) in [5.74, 6) is 0.329. The lowest BCUT2D eigenvalue weighted by molar-refractivity contribution is -0.133. The van der Waals surface area contributed by atoms with Crippen LogP contribution >= 0.6 is 11.3 Å². The van der Waals surface area contributed by atoms with E-state index < -0.39 is 0 Å². The van der Waals surface area contributed by atoms with Crippen molar-refractivity contribution in [1.29, 1.82) is 0 Å². The number of benzene rings is 1. The quantitative estimate of drug-likeness (QED) is 0.791. The SMILES string of the molecule is CCN(C(=O)CCCc1nc2ccccc2s1)C1CCCC1. The first-order chi connectivity index (χ1) is 10.8. The molecule has 3 rings (SSSR count). The molecular formula is C18H24N2OS. The van der Waals surface area contributed by atoms with Crippen LogP contribution in [0.2, 0.25) is 0 Å². The van der Waals surface area contributed by atoms with Crippen LogP contribution in [-0.2, 0) is 11.2 Å². The van der Waals surface area contributed by atoms with Gasteiger partial charge in [-0.2, -0.15) is 0 Å². The third-order valence-corrected chi connectivity index (χ3v) is 5.64. The molecule has 1 amide bonds. The first-order valence-corrected chi connectivity index (χ1v) is 9.23. The summed E-state index contributed by atoms with van der Waals surface area (Å²) in [4.78, 5) is 19.2. The van der Waals surface area contributed by atoms with Crippen molar-refractivity contribution in [2.45, 2.75) is 57.9 Å². The van der Waals surface area contributed by atoms with Crippen molar-refractivity contribution in [2.24, 2.45) is 0 Å². The van der Waals surface area contributed by atoms with Crippen LogP contribution < -0.4 is 0 Å². The van der Waals surface area contributed by atoms with Crippen molar-refractivity contribution >= 4 is 27.5 Å². The van der Waals surface area contributed by atoms with E-state index in [2.05, 4.69) is 35.0 Å². The van der Waals surface area contributed by atoms with Gasteiger partial charge in [0.15, 0.2) is 0 Å². The number of rotatable bonds is 6. The van der Waals surface area contributed by atoms with Crippen molar-refractivity contribution in [3.63, 3.8) is 0 Å². The molecule has 1 saturated carbocycles. The van der Waals surface area contributed by atoms with Crippen molar-refractivity contribution in [2.75, 3.05) is 6.54 Å². The summed E-state index contributed by atoms with van der Waals surface area (Å²) in [7, 11) is 0. The number of nitrogens with zero attached hydrogens (tertiary/aromatic N) is 2. The van der Waals surface area contributed by atoms with Gasteiger partial charge in [-0.05, 0) is 44.7 Å². The van der Waals surface area contributed by atoms with Gasteiger partial charge in [-0.25, -0.2) is 4.98 Å². The minimum atomic E-state index is 0.329. The number of aromatic nitrogens is 1. The Hall–Kier alpha value is -1.42. The second kappa shape index (κ2) is 7.23. The molecule has 0 spiro atoms. The molecule has 0 radical (unpaired) electrons. The fourth-order valence-corrected chi connectivity index (χ4v) is 4.42. The van der Waals surface area contributed by atoms with E-state index in [-0.39, 0.29) is 0 Å². The smallest absolute Gasteiger partial charge is 0.222 e. The number of thiazole rings is 1. The number of carbonyl (C=O) groups is 1. The second-order valence-electron chi connectivity index (χ2n) is 6.05. The van der Waals surface area contributed by atoms with Gasteiger partial charge in [0.25, 0.3) is 0 Å². The van der Waals surface area contributed by atoms with Crippen LogP contribution in [0.3, 0.4) is 0 Å². The molecule has 0 aliphatic heterocycles. The van der Waals surface area contributed by atoms with Gasteiger partial charge in [-0.15, -0.1) is 11.3 Å². The Kier molecular flexibility index (Phi) is 5.08. The van der Waals surface area contributed by atoms with Crippen molar-refractivity contribution in [1.82, 2.24) is 9.88 Å². The summed E-state index contributed by atoms with van der Waals surface area (Å²) in [6.45, 7) is 2.95. The maximum Gasteiger partial charge on any atom is 0.222 e. The van der Waals surface area contributed by atoms with Crippen LogP contribution in [0.1, 0.15) is 50.5 Å². The van der Waals surface area contributed by atoms with E-state index in [0.717, 1.165) is 29.9 Å². The van der Waals surface area contributed by atoms with Crippen LogP contribution in [0.5, 0.6) is 0 Å². The summed E-state index contributed by atoms with van der Waals surface area (Å²) in [5, 5.41) is 1.15. The zero-order chi connectivity index (χ0) is 15.4. The van der Waals surface area contributed by atoms with Crippen LogP contribution in [0.4, 0.5) is 0 Å². The molecule has 0 N–H and O–H groups in total. The van der Waals surface area contributed by atoms with Crippen LogP contribution in [-0.4, -0.2) is 28.4 Å². The molecule has 1 aromatic heterocycles.